The lowest BCUT2D eigenvalue weighted by atomic mass is 10.0. The zero-order valence-corrected chi connectivity index (χ0v) is 21.8. The highest BCUT2D eigenvalue weighted by atomic mass is 16.5. The number of ether oxygens (including phenoxy) is 5. The van der Waals surface area contributed by atoms with Gasteiger partial charge in [0.25, 0.3) is 0 Å². The van der Waals surface area contributed by atoms with E-state index in [-0.39, 0.29) is 23.4 Å². The summed E-state index contributed by atoms with van der Waals surface area (Å²) in [5.41, 5.74) is 2.13. The van der Waals surface area contributed by atoms with Crippen LogP contribution in [0.25, 0.3) is 6.08 Å². The molecule has 3 atom stereocenters. The molecule has 0 spiro atoms. The lowest BCUT2D eigenvalue weighted by Crippen LogP contribution is -2.29. The molecule has 9 nitrogen and oxygen atoms in total. The van der Waals surface area contributed by atoms with Crippen LogP contribution in [0.2, 0.25) is 0 Å². The summed E-state index contributed by atoms with van der Waals surface area (Å²) in [4.78, 5) is 0. The van der Waals surface area contributed by atoms with Gasteiger partial charge >= 0.3 is 0 Å². The maximum absolute atomic E-state index is 10.8. The molecule has 0 saturated heterocycles. The van der Waals surface area contributed by atoms with Gasteiger partial charge in [0.05, 0.1) is 40.6 Å². The van der Waals surface area contributed by atoms with Crippen molar-refractivity contribution >= 4 is 6.08 Å². The molecular weight excluding hydrogens is 492 g/mol. The van der Waals surface area contributed by atoms with Crippen LogP contribution in [0.5, 0.6) is 34.5 Å². The maximum Gasteiger partial charge on any atom is 0.161 e. The molecule has 0 saturated carbocycles. The number of aromatic hydroxyl groups is 2. The van der Waals surface area contributed by atoms with E-state index in [4.69, 9.17) is 23.7 Å². The molecule has 3 unspecified atom stereocenters. The van der Waals surface area contributed by atoms with E-state index < -0.39 is 18.8 Å². The van der Waals surface area contributed by atoms with Gasteiger partial charge in [0, 0.05) is 0 Å². The van der Waals surface area contributed by atoms with E-state index in [1.165, 1.54) is 39.5 Å². The summed E-state index contributed by atoms with van der Waals surface area (Å²) < 4.78 is 27.5. The van der Waals surface area contributed by atoms with Gasteiger partial charge in [-0.3, -0.25) is 0 Å². The molecule has 9 heteroatoms. The van der Waals surface area contributed by atoms with E-state index >= 15 is 0 Å². The number of aliphatic hydroxyl groups is 2. The summed E-state index contributed by atoms with van der Waals surface area (Å²) in [6, 6.07) is 14.8. The van der Waals surface area contributed by atoms with Crippen LogP contribution in [0, 0.1) is 0 Å². The average Bonchev–Trinajstić information content (AvgIpc) is 2.94. The van der Waals surface area contributed by atoms with E-state index in [9.17, 15) is 20.4 Å². The lowest BCUT2D eigenvalue weighted by Gasteiger charge is -2.24. The van der Waals surface area contributed by atoms with Crippen molar-refractivity contribution in [1.82, 2.24) is 0 Å². The fourth-order valence-corrected chi connectivity index (χ4v) is 3.77. The molecule has 0 aromatic heterocycles. The van der Waals surface area contributed by atoms with Crippen molar-refractivity contribution in [1.29, 1.82) is 0 Å². The SMILES string of the molecule is COc1cc(C(C)OC/C=C/c2ccc(OC(CO)C(O)c3ccc(O)c(OC)c3)c(OC)c2)ccc1O. The number of hydrogen-bond donors (Lipinski definition) is 4. The first-order valence-corrected chi connectivity index (χ1v) is 12.0. The van der Waals surface area contributed by atoms with E-state index in [2.05, 4.69) is 0 Å². The number of phenols is 2. The van der Waals surface area contributed by atoms with Crippen LogP contribution in [-0.2, 0) is 4.74 Å². The molecule has 0 heterocycles. The Morgan fingerprint density at radius 2 is 1.37 bits per heavy atom. The molecule has 3 aromatic carbocycles. The van der Waals surface area contributed by atoms with Crippen LogP contribution >= 0.6 is 0 Å². The first-order valence-electron chi connectivity index (χ1n) is 12.0. The molecule has 0 aliphatic heterocycles. The minimum atomic E-state index is -1.19. The predicted octanol–water partition coefficient (Wildman–Crippen LogP) is 4.39. The Labute approximate surface area is 222 Å². The van der Waals surface area contributed by atoms with Gasteiger partial charge in [0.15, 0.2) is 40.6 Å². The number of rotatable bonds is 13. The second-order valence-electron chi connectivity index (χ2n) is 8.43. The number of phenolic OH excluding ortho intramolecular Hbond substituents is 2. The van der Waals surface area contributed by atoms with Crippen molar-refractivity contribution in [3.63, 3.8) is 0 Å². The molecule has 4 N–H and O–H groups in total. The minimum absolute atomic E-state index is 0.0596. The second kappa shape index (κ2) is 13.6. The Hall–Kier alpha value is -3.92. The van der Waals surface area contributed by atoms with Crippen LogP contribution in [0.15, 0.2) is 60.7 Å². The van der Waals surface area contributed by atoms with Crippen LogP contribution in [-0.4, -0.2) is 61.1 Å². The van der Waals surface area contributed by atoms with E-state index in [0.29, 0.717) is 29.4 Å². The van der Waals surface area contributed by atoms with Gasteiger partial charge in [-0.25, -0.2) is 0 Å². The fraction of sp³-hybridized carbons (Fsp3) is 0.310. The first kappa shape index (κ1) is 28.6. The molecular formula is C29H34O9. The van der Waals surface area contributed by atoms with Gasteiger partial charge < -0.3 is 44.1 Å². The molecule has 0 fully saturated rings. The monoisotopic (exact) mass is 526 g/mol. The second-order valence-corrected chi connectivity index (χ2v) is 8.43. The molecule has 0 aliphatic carbocycles. The summed E-state index contributed by atoms with van der Waals surface area (Å²) in [5, 5.41) is 40.2. The summed E-state index contributed by atoms with van der Waals surface area (Å²) in [6.45, 7) is 1.80. The van der Waals surface area contributed by atoms with Crippen molar-refractivity contribution in [2.75, 3.05) is 34.5 Å². The van der Waals surface area contributed by atoms with Crippen LogP contribution in [0.1, 0.15) is 35.8 Å². The van der Waals surface area contributed by atoms with Crippen LogP contribution in [0.3, 0.4) is 0 Å². The maximum atomic E-state index is 10.8. The lowest BCUT2D eigenvalue weighted by molar-refractivity contribution is -0.000515. The zero-order chi connectivity index (χ0) is 27.7. The van der Waals surface area contributed by atoms with Gasteiger partial charge in [0.1, 0.15) is 6.10 Å². The van der Waals surface area contributed by atoms with Crippen molar-refractivity contribution in [3.05, 3.63) is 77.4 Å². The molecule has 0 amide bonds. The van der Waals surface area contributed by atoms with E-state index in [1.54, 1.807) is 30.3 Å². The van der Waals surface area contributed by atoms with Crippen molar-refractivity contribution in [2.24, 2.45) is 0 Å². The third-order valence-corrected chi connectivity index (χ3v) is 5.97. The third kappa shape index (κ3) is 7.10. The summed E-state index contributed by atoms with van der Waals surface area (Å²) in [5.74, 6) is 1.38. The van der Waals surface area contributed by atoms with Gasteiger partial charge in [-0.05, 0) is 60.0 Å². The normalized spacial score (nSPS) is 13.6. The molecule has 38 heavy (non-hydrogen) atoms. The first-order chi connectivity index (χ1) is 18.3. The summed E-state index contributed by atoms with van der Waals surface area (Å²) >= 11 is 0. The zero-order valence-electron chi connectivity index (χ0n) is 21.8. The molecule has 204 valence electrons. The smallest absolute Gasteiger partial charge is 0.161 e. The third-order valence-electron chi connectivity index (χ3n) is 5.97. The molecule has 0 radical (unpaired) electrons. The Balaban J connectivity index is 1.64. The van der Waals surface area contributed by atoms with Gasteiger partial charge in [-0.1, -0.05) is 30.4 Å². The average molecular weight is 527 g/mol. The topological polar surface area (TPSA) is 127 Å². The largest absolute Gasteiger partial charge is 0.504 e. The van der Waals surface area contributed by atoms with E-state index in [0.717, 1.165) is 11.1 Å². The quantitative estimate of drug-likeness (QED) is 0.256. The van der Waals surface area contributed by atoms with Crippen molar-refractivity contribution in [3.8, 4) is 34.5 Å². The summed E-state index contributed by atoms with van der Waals surface area (Å²) in [6.07, 6.45) is 1.34. The number of benzene rings is 3. The number of aliphatic hydroxyl groups excluding tert-OH is 2. The fourth-order valence-electron chi connectivity index (χ4n) is 3.77. The number of hydrogen-bond acceptors (Lipinski definition) is 9. The predicted molar refractivity (Wildman–Crippen MR) is 142 cm³/mol. The Kier molecular flexibility index (Phi) is 10.2. The van der Waals surface area contributed by atoms with Gasteiger partial charge in [0.2, 0.25) is 0 Å². The highest BCUT2D eigenvalue weighted by molar-refractivity contribution is 5.56. The minimum Gasteiger partial charge on any atom is -0.504 e. The van der Waals surface area contributed by atoms with Gasteiger partial charge in [-0.2, -0.15) is 0 Å². The Morgan fingerprint density at radius 3 is 1.97 bits per heavy atom. The van der Waals surface area contributed by atoms with Crippen molar-refractivity contribution in [2.45, 2.75) is 25.2 Å². The molecule has 0 bridgehead atoms. The Morgan fingerprint density at radius 1 is 0.763 bits per heavy atom. The molecule has 0 aliphatic rings. The highest BCUT2D eigenvalue weighted by Crippen LogP contribution is 2.34. The molecule has 3 aromatic rings. The van der Waals surface area contributed by atoms with Crippen molar-refractivity contribution < 1.29 is 44.1 Å². The molecule has 3 rings (SSSR count). The highest BCUT2D eigenvalue weighted by Gasteiger charge is 2.24. The van der Waals surface area contributed by atoms with Crippen LogP contribution < -0.4 is 18.9 Å². The summed E-state index contributed by atoms with van der Waals surface area (Å²) in [7, 11) is 4.41. The van der Waals surface area contributed by atoms with Crippen LogP contribution in [0.4, 0.5) is 0 Å². The number of methoxy groups -OCH3 is 3. The van der Waals surface area contributed by atoms with Gasteiger partial charge in [-0.15, -0.1) is 0 Å². The Bertz CT molecular complexity index is 1220. The van der Waals surface area contributed by atoms with E-state index in [1.807, 2.05) is 25.1 Å². The standard InChI is InChI=1S/C29H34O9/c1-18(20-8-10-22(31)25(15-20)34-2)37-13-5-6-19-7-12-24(27(14-19)36-4)38-28(17-30)29(33)21-9-11-23(32)26(16-21)35-3/h5-12,14-16,18,28-33H,13,17H2,1-4H3/b6-5+.